The summed E-state index contributed by atoms with van der Waals surface area (Å²) in [7, 11) is 1.65. The van der Waals surface area contributed by atoms with Crippen LogP contribution in [0, 0.1) is 0 Å². The summed E-state index contributed by atoms with van der Waals surface area (Å²) in [4.78, 5) is 11.3. The summed E-state index contributed by atoms with van der Waals surface area (Å²) in [5.74, 6) is 2.00. The molecule has 1 aromatic heterocycles. The minimum Gasteiger partial charge on any atom is -0.495 e. The van der Waals surface area contributed by atoms with Crippen LogP contribution in [0.25, 0.3) is 0 Å². The Morgan fingerprint density at radius 1 is 0.893 bits per heavy atom. The van der Waals surface area contributed by atoms with Gasteiger partial charge in [-0.05, 0) is 61.7 Å². The van der Waals surface area contributed by atoms with Crippen LogP contribution in [-0.2, 0) is 0 Å². The average molecular weight is 375 g/mol. The number of piperidine rings is 1. The number of benzene rings is 2. The monoisotopic (exact) mass is 375 g/mol. The predicted molar refractivity (Wildman–Crippen MR) is 114 cm³/mol. The van der Waals surface area contributed by atoms with Crippen LogP contribution < -0.4 is 20.3 Å². The number of ether oxygens (including phenoxy) is 1. The van der Waals surface area contributed by atoms with Crippen molar-refractivity contribution < 1.29 is 4.74 Å². The lowest BCUT2D eigenvalue weighted by Gasteiger charge is -2.28. The van der Waals surface area contributed by atoms with Crippen LogP contribution in [0.4, 0.5) is 28.8 Å². The van der Waals surface area contributed by atoms with Gasteiger partial charge in [0, 0.05) is 30.7 Å². The van der Waals surface area contributed by atoms with Crippen molar-refractivity contribution in [2.75, 3.05) is 35.7 Å². The molecule has 2 aromatic carbocycles. The second-order valence-electron chi connectivity index (χ2n) is 6.81. The lowest BCUT2D eigenvalue weighted by molar-refractivity contribution is 0.417. The topological polar surface area (TPSA) is 62.3 Å². The summed E-state index contributed by atoms with van der Waals surface area (Å²) < 4.78 is 5.37. The van der Waals surface area contributed by atoms with Crippen LogP contribution in [-0.4, -0.2) is 30.2 Å². The van der Waals surface area contributed by atoms with Crippen LogP contribution in [0.15, 0.2) is 60.8 Å². The van der Waals surface area contributed by atoms with Gasteiger partial charge in [0.1, 0.15) is 11.6 Å². The van der Waals surface area contributed by atoms with Crippen molar-refractivity contribution in [1.82, 2.24) is 9.97 Å². The van der Waals surface area contributed by atoms with E-state index in [0.29, 0.717) is 5.95 Å². The van der Waals surface area contributed by atoms with E-state index in [-0.39, 0.29) is 0 Å². The molecule has 1 saturated heterocycles. The van der Waals surface area contributed by atoms with Crippen LogP contribution in [0.2, 0.25) is 0 Å². The van der Waals surface area contributed by atoms with E-state index in [9.17, 15) is 0 Å². The Labute approximate surface area is 165 Å². The fraction of sp³-hybridized carbons (Fsp3) is 0.273. The highest BCUT2D eigenvalue weighted by atomic mass is 16.5. The zero-order chi connectivity index (χ0) is 19.2. The second-order valence-corrected chi connectivity index (χ2v) is 6.81. The summed E-state index contributed by atoms with van der Waals surface area (Å²) in [5, 5.41) is 6.56. The molecule has 1 aliphatic heterocycles. The summed E-state index contributed by atoms with van der Waals surface area (Å²) in [5.41, 5.74) is 3.11. The van der Waals surface area contributed by atoms with Gasteiger partial charge in [-0.25, -0.2) is 4.98 Å². The van der Waals surface area contributed by atoms with Crippen LogP contribution >= 0.6 is 0 Å². The lowest BCUT2D eigenvalue weighted by Crippen LogP contribution is -2.29. The van der Waals surface area contributed by atoms with Gasteiger partial charge in [0.25, 0.3) is 0 Å². The maximum Gasteiger partial charge on any atom is 0.229 e. The highest BCUT2D eigenvalue weighted by Crippen LogP contribution is 2.27. The SMILES string of the molecule is COc1ccccc1Nc1nccc(Nc2ccc(N3CCCCC3)cc2)n1. The molecule has 6 nitrogen and oxygen atoms in total. The zero-order valence-corrected chi connectivity index (χ0v) is 16.1. The van der Waals surface area contributed by atoms with E-state index in [1.165, 1.54) is 24.9 Å². The number of hydrogen-bond acceptors (Lipinski definition) is 6. The number of methoxy groups -OCH3 is 1. The van der Waals surface area contributed by atoms with Gasteiger partial charge < -0.3 is 20.3 Å². The summed E-state index contributed by atoms with van der Waals surface area (Å²) in [6.07, 6.45) is 5.64. The normalized spacial score (nSPS) is 13.8. The smallest absolute Gasteiger partial charge is 0.229 e. The van der Waals surface area contributed by atoms with Crippen LogP contribution in [0.5, 0.6) is 5.75 Å². The van der Waals surface area contributed by atoms with E-state index in [1.54, 1.807) is 13.3 Å². The standard InChI is InChI=1S/C22H25N5O/c1-28-20-8-4-3-7-19(20)25-22-23-14-13-21(26-22)24-17-9-11-18(12-10-17)27-15-5-2-6-16-27/h3-4,7-14H,2,5-6,15-16H2,1H3,(H2,23,24,25,26). The number of nitrogens with one attached hydrogen (secondary N) is 2. The quantitative estimate of drug-likeness (QED) is 0.635. The summed E-state index contributed by atoms with van der Waals surface area (Å²) in [6, 6.07) is 18.1. The first kappa shape index (κ1) is 18.1. The van der Waals surface area contributed by atoms with Crippen molar-refractivity contribution in [2.24, 2.45) is 0 Å². The molecule has 3 aromatic rings. The molecular formula is C22H25N5O. The maximum atomic E-state index is 5.37. The third-order valence-electron chi connectivity index (χ3n) is 4.87. The molecule has 0 radical (unpaired) electrons. The molecule has 144 valence electrons. The fourth-order valence-electron chi connectivity index (χ4n) is 3.41. The molecule has 0 atom stereocenters. The van der Waals surface area contributed by atoms with Crippen molar-refractivity contribution in [3.05, 3.63) is 60.8 Å². The molecule has 6 heteroatoms. The molecule has 4 rings (SSSR count). The van der Waals surface area contributed by atoms with E-state index >= 15 is 0 Å². The highest BCUT2D eigenvalue weighted by Gasteiger charge is 2.10. The summed E-state index contributed by atoms with van der Waals surface area (Å²) >= 11 is 0. The molecule has 0 saturated carbocycles. The van der Waals surface area contributed by atoms with Gasteiger partial charge in [-0.3, -0.25) is 0 Å². The third kappa shape index (κ3) is 4.34. The Kier molecular flexibility index (Phi) is 5.56. The molecule has 0 unspecified atom stereocenters. The Balaban J connectivity index is 1.44. The molecule has 2 N–H and O–H groups in total. The van der Waals surface area contributed by atoms with Crippen molar-refractivity contribution in [2.45, 2.75) is 19.3 Å². The lowest BCUT2D eigenvalue weighted by atomic mass is 10.1. The van der Waals surface area contributed by atoms with Gasteiger partial charge in [0.05, 0.1) is 12.8 Å². The van der Waals surface area contributed by atoms with E-state index in [2.05, 4.69) is 49.8 Å². The van der Waals surface area contributed by atoms with E-state index in [4.69, 9.17) is 4.74 Å². The minimum absolute atomic E-state index is 0.513. The maximum absolute atomic E-state index is 5.37. The fourth-order valence-corrected chi connectivity index (χ4v) is 3.41. The van der Waals surface area contributed by atoms with E-state index in [0.717, 1.165) is 36.0 Å². The molecule has 0 aliphatic carbocycles. The largest absolute Gasteiger partial charge is 0.495 e. The number of anilines is 5. The number of aromatic nitrogens is 2. The molecule has 0 bridgehead atoms. The molecule has 28 heavy (non-hydrogen) atoms. The van der Waals surface area contributed by atoms with Crippen molar-refractivity contribution in [1.29, 1.82) is 0 Å². The number of para-hydroxylation sites is 2. The first-order chi connectivity index (χ1) is 13.8. The highest BCUT2D eigenvalue weighted by molar-refractivity contribution is 5.65. The van der Waals surface area contributed by atoms with Gasteiger partial charge in [0.2, 0.25) is 5.95 Å². The van der Waals surface area contributed by atoms with Crippen LogP contribution in [0.3, 0.4) is 0 Å². The van der Waals surface area contributed by atoms with Crippen LogP contribution in [0.1, 0.15) is 19.3 Å². The molecule has 1 aliphatic rings. The Hall–Kier alpha value is -3.28. The second kappa shape index (κ2) is 8.61. The van der Waals surface area contributed by atoms with Crippen molar-refractivity contribution >= 4 is 28.8 Å². The predicted octanol–water partition coefficient (Wildman–Crippen LogP) is 4.96. The molecule has 0 spiro atoms. The molecule has 0 amide bonds. The van der Waals surface area contributed by atoms with Gasteiger partial charge in [-0.2, -0.15) is 4.98 Å². The number of nitrogens with zero attached hydrogens (tertiary/aromatic N) is 3. The third-order valence-corrected chi connectivity index (χ3v) is 4.87. The molecular weight excluding hydrogens is 350 g/mol. The minimum atomic E-state index is 0.513. The molecule has 2 heterocycles. The Morgan fingerprint density at radius 2 is 1.68 bits per heavy atom. The first-order valence-electron chi connectivity index (χ1n) is 9.67. The van der Waals surface area contributed by atoms with Crippen molar-refractivity contribution in [3.63, 3.8) is 0 Å². The Morgan fingerprint density at radius 3 is 2.46 bits per heavy atom. The van der Waals surface area contributed by atoms with E-state index in [1.807, 2.05) is 30.3 Å². The van der Waals surface area contributed by atoms with Gasteiger partial charge in [-0.15, -0.1) is 0 Å². The van der Waals surface area contributed by atoms with Gasteiger partial charge in [-0.1, -0.05) is 12.1 Å². The average Bonchev–Trinajstić information content (AvgIpc) is 2.76. The first-order valence-corrected chi connectivity index (χ1v) is 9.67. The van der Waals surface area contributed by atoms with Crippen molar-refractivity contribution in [3.8, 4) is 5.75 Å². The van der Waals surface area contributed by atoms with Gasteiger partial charge >= 0.3 is 0 Å². The number of rotatable bonds is 6. The van der Waals surface area contributed by atoms with Gasteiger partial charge in [0.15, 0.2) is 0 Å². The molecule has 1 fully saturated rings. The summed E-state index contributed by atoms with van der Waals surface area (Å²) in [6.45, 7) is 2.30. The number of hydrogen-bond donors (Lipinski definition) is 2. The van der Waals surface area contributed by atoms with E-state index < -0.39 is 0 Å². The Bertz CT molecular complexity index is 907. The zero-order valence-electron chi connectivity index (χ0n) is 16.1.